The smallest absolute Gasteiger partial charge is 0.258 e. The number of nitrogens with one attached hydrogen (secondary N) is 1. The molecule has 0 saturated heterocycles. The largest absolute Gasteiger partial charge is 0.494 e. The summed E-state index contributed by atoms with van der Waals surface area (Å²) in [5.74, 6) is 0.937. The van der Waals surface area contributed by atoms with Crippen molar-refractivity contribution in [3.8, 4) is 5.75 Å². The van der Waals surface area contributed by atoms with E-state index in [0.717, 1.165) is 54.9 Å². The Hall–Kier alpha value is -3.27. The van der Waals surface area contributed by atoms with Gasteiger partial charge < -0.3 is 15.0 Å². The molecule has 1 N–H and O–H groups in total. The van der Waals surface area contributed by atoms with E-state index in [1.165, 1.54) is 5.56 Å². The van der Waals surface area contributed by atoms with E-state index in [2.05, 4.69) is 43.4 Å². The first-order valence-electron chi connectivity index (χ1n) is 11.6. The maximum Gasteiger partial charge on any atom is 0.258 e. The summed E-state index contributed by atoms with van der Waals surface area (Å²) in [6, 6.07) is 26.4. The van der Waals surface area contributed by atoms with Crippen LogP contribution < -0.4 is 10.1 Å². The van der Waals surface area contributed by atoms with E-state index in [9.17, 15) is 4.79 Å². The van der Waals surface area contributed by atoms with Crippen molar-refractivity contribution in [2.75, 3.05) is 18.5 Å². The molecule has 1 aliphatic heterocycles. The minimum atomic E-state index is -0.609. The van der Waals surface area contributed by atoms with Crippen molar-refractivity contribution in [1.29, 1.82) is 0 Å². The second kappa shape index (κ2) is 9.90. The van der Waals surface area contributed by atoms with Gasteiger partial charge in [0.15, 0.2) is 0 Å². The highest BCUT2D eigenvalue weighted by molar-refractivity contribution is 6.02. The number of ether oxygens (including phenoxy) is 1. The van der Waals surface area contributed by atoms with E-state index in [-0.39, 0.29) is 5.91 Å². The number of anilines is 1. The van der Waals surface area contributed by atoms with Crippen molar-refractivity contribution >= 4 is 11.6 Å². The van der Waals surface area contributed by atoms with E-state index in [4.69, 9.17) is 4.74 Å². The number of carbonyl (C=O) groups is 1. The summed E-state index contributed by atoms with van der Waals surface area (Å²) in [4.78, 5) is 15.7. The van der Waals surface area contributed by atoms with Crippen molar-refractivity contribution in [1.82, 2.24) is 4.90 Å². The maximum atomic E-state index is 13.7. The third kappa shape index (κ3) is 4.36. The Balaban J connectivity index is 1.68. The monoisotopic (exact) mass is 428 g/mol. The van der Waals surface area contributed by atoms with Crippen LogP contribution >= 0.6 is 0 Å². The molecule has 0 radical (unpaired) electrons. The predicted octanol–water partition coefficient (Wildman–Crippen LogP) is 6.24. The van der Waals surface area contributed by atoms with Crippen molar-refractivity contribution in [3.05, 3.63) is 95.6 Å². The number of amides is 1. The number of hydrogen-bond acceptors (Lipinski definition) is 3. The molecule has 3 aromatic rings. The summed E-state index contributed by atoms with van der Waals surface area (Å²) in [7, 11) is 0. The van der Waals surface area contributed by atoms with E-state index >= 15 is 0 Å². The minimum absolute atomic E-state index is 0.0698. The first-order valence-corrected chi connectivity index (χ1v) is 11.6. The highest BCUT2D eigenvalue weighted by Gasteiger charge is 2.44. The van der Waals surface area contributed by atoms with Crippen molar-refractivity contribution in [2.45, 2.75) is 45.2 Å². The third-order valence-electron chi connectivity index (χ3n) is 6.28. The number of fused-ring (bicyclic) bond motifs is 1. The Kier molecular flexibility index (Phi) is 6.79. The van der Waals surface area contributed by atoms with Gasteiger partial charge in [-0.1, -0.05) is 74.9 Å². The lowest BCUT2D eigenvalue weighted by Gasteiger charge is -2.48. The Morgan fingerprint density at radius 3 is 2.34 bits per heavy atom. The molecule has 4 nitrogen and oxygen atoms in total. The lowest BCUT2D eigenvalue weighted by molar-refractivity contribution is 0.0487. The fraction of sp³-hybridized carbons (Fsp3) is 0.321. The van der Waals surface area contributed by atoms with Gasteiger partial charge in [-0.3, -0.25) is 4.79 Å². The van der Waals surface area contributed by atoms with Gasteiger partial charge >= 0.3 is 0 Å². The summed E-state index contributed by atoms with van der Waals surface area (Å²) < 4.78 is 5.86. The van der Waals surface area contributed by atoms with Crippen LogP contribution in [0.15, 0.2) is 78.9 Å². The van der Waals surface area contributed by atoms with Crippen LogP contribution in [0.3, 0.4) is 0 Å². The van der Waals surface area contributed by atoms with E-state index in [0.29, 0.717) is 6.54 Å². The van der Waals surface area contributed by atoms with Crippen LogP contribution in [0, 0.1) is 0 Å². The lowest BCUT2D eigenvalue weighted by atomic mass is 9.89. The number of hydrogen-bond donors (Lipinski definition) is 1. The zero-order valence-corrected chi connectivity index (χ0v) is 19.0. The number of benzene rings is 3. The van der Waals surface area contributed by atoms with E-state index in [1.54, 1.807) is 0 Å². The molecule has 1 aliphatic rings. The highest BCUT2D eigenvalue weighted by atomic mass is 16.5. The molecule has 166 valence electrons. The molecule has 0 aromatic heterocycles. The lowest BCUT2D eigenvalue weighted by Crippen LogP contribution is -2.57. The summed E-state index contributed by atoms with van der Waals surface area (Å²) in [5.41, 5.74) is 3.30. The van der Waals surface area contributed by atoms with Gasteiger partial charge in [-0.25, -0.2) is 0 Å². The molecular weight excluding hydrogens is 396 g/mol. The first kappa shape index (κ1) is 21.9. The summed E-state index contributed by atoms with van der Waals surface area (Å²) >= 11 is 0. The SMILES string of the molecule is CCCCOc1ccc(C2(CC)Nc3ccccc3C(=O)N2CCc2ccccc2)cc1. The first-order chi connectivity index (χ1) is 15.7. The summed E-state index contributed by atoms with van der Waals surface area (Å²) in [5, 5.41) is 3.73. The molecule has 0 bridgehead atoms. The summed E-state index contributed by atoms with van der Waals surface area (Å²) in [6.07, 6.45) is 3.70. The number of rotatable bonds is 9. The van der Waals surface area contributed by atoms with Gasteiger partial charge in [0.05, 0.1) is 12.2 Å². The fourth-order valence-electron chi connectivity index (χ4n) is 4.44. The molecule has 32 heavy (non-hydrogen) atoms. The number of nitrogens with zero attached hydrogens (tertiary/aromatic N) is 1. The molecule has 3 aromatic carbocycles. The quantitative estimate of drug-likeness (QED) is 0.410. The van der Waals surface area contributed by atoms with Gasteiger partial charge in [-0.2, -0.15) is 0 Å². The van der Waals surface area contributed by atoms with Crippen LogP contribution in [-0.4, -0.2) is 24.0 Å². The second-order valence-corrected chi connectivity index (χ2v) is 8.30. The standard InChI is InChI=1S/C28H32N2O2/c1-3-5-21-32-24-17-15-23(16-18-24)28(4-2)29-26-14-10-9-13-25(26)27(31)30(28)20-19-22-11-7-6-8-12-22/h6-18,29H,3-5,19-21H2,1-2H3. The Labute approximate surface area is 191 Å². The predicted molar refractivity (Wildman–Crippen MR) is 130 cm³/mol. The zero-order chi connectivity index (χ0) is 22.4. The van der Waals surface area contributed by atoms with Gasteiger partial charge in [0.25, 0.3) is 5.91 Å². The maximum absolute atomic E-state index is 13.7. The van der Waals surface area contributed by atoms with Crippen LogP contribution in [-0.2, 0) is 12.1 Å². The molecule has 1 amide bonds. The average Bonchev–Trinajstić information content (AvgIpc) is 2.84. The topological polar surface area (TPSA) is 41.6 Å². The van der Waals surface area contributed by atoms with Crippen LogP contribution in [0.25, 0.3) is 0 Å². The van der Waals surface area contributed by atoms with Gasteiger partial charge in [0.1, 0.15) is 11.4 Å². The highest BCUT2D eigenvalue weighted by Crippen LogP contribution is 2.40. The molecule has 1 unspecified atom stereocenters. The minimum Gasteiger partial charge on any atom is -0.494 e. The normalized spacial score (nSPS) is 17.6. The van der Waals surface area contributed by atoms with Crippen LogP contribution in [0.2, 0.25) is 0 Å². The van der Waals surface area contributed by atoms with Gasteiger partial charge in [-0.05, 0) is 54.7 Å². The van der Waals surface area contributed by atoms with Crippen LogP contribution in [0.1, 0.15) is 54.6 Å². The molecule has 4 rings (SSSR count). The van der Waals surface area contributed by atoms with Crippen LogP contribution in [0.5, 0.6) is 5.75 Å². The Morgan fingerprint density at radius 1 is 0.906 bits per heavy atom. The van der Waals surface area contributed by atoms with E-state index < -0.39 is 5.66 Å². The molecule has 0 fully saturated rings. The van der Waals surface area contributed by atoms with Gasteiger partial charge in [0, 0.05) is 12.2 Å². The molecule has 1 heterocycles. The number of unbranched alkanes of at least 4 members (excludes halogenated alkanes) is 1. The average molecular weight is 429 g/mol. The van der Waals surface area contributed by atoms with E-state index in [1.807, 2.05) is 59.5 Å². The Bertz CT molecular complexity index is 1030. The van der Waals surface area contributed by atoms with Crippen molar-refractivity contribution in [3.63, 3.8) is 0 Å². The van der Waals surface area contributed by atoms with Gasteiger partial charge in [0.2, 0.25) is 0 Å². The molecule has 0 spiro atoms. The van der Waals surface area contributed by atoms with Gasteiger partial charge in [-0.15, -0.1) is 0 Å². The number of para-hydroxylation sites is 1. The molecule has 1 atom stereocenters. The third-order valence-corrected chi connectivity index (χ3v) is 6.28. The van der Waals surface area contributed by atoms with Crippen LogP contribution in [0.4, 0.5) is 5.69 Å². The van der Waals surface area contributed by atoms with Crippen molar-refractivity contribution in [2.24, 2.45) is 0 Å². The fourth-order valence-corrected chi connectivity index (χ4v) is 4.44. The number of carbonyl (C=O) groups excluding carboxylic acids is 1. The van der Waals surface area contributed by atoms with Crippen molar-refractivity contribution < 1.29 is 9.53 Å². The molecule has 4 heteroatoms. The Morgan fingerprint density at radius 2 is 1.62 bits per heavy atom. The molecular formula is C28H32N2O2. The molecule has 0 aliphatic carbocycles. The zero-order valence-electron chi connectivity index (χ0n) is 19.0. The second-order valence-electron chi connectivity index (χ2n) is 8.30. The summed E-state index contributed by atoms with van der Waals surface area (Å²) in [6.45, 7) is 5.65. The molecule has 0 saturated carbocycles.